The molecule has 0 bridgehead atoms. The summed E-state index contributed by atoms with van der Waals surface area (Å²) < 4.78 is 30.0. The molecule has 0 amide bonds. The fraction of sp³-hybridized carbons (Fsp3) is 0.118. The van der Waals surface area contributed by atoms with Crippen molar-refractivity contribution in [3.05, 3.63) is 58.5 Å². The molecule has 0 saturated heterocycles. The van der Waals surface area contributed by atoms with Crippen LogP contribution in [-0.2, 0) is 0 Å². The Bertz CT molecular complexity index is 882. The van der Waals surface area contributed by atoms with Gasteiger partial charge in [-0.3, -0.25) is 4.79 Å². The number of hydrogen-bond donors (Lipinski definition) is 0. The van der Waals surface area contributed by atoms with Gasteiger partial charge in [0.05, 0.1) is 19.6 Å². The van der Waals surface area contributed by atoms with Gasteiger partial charge in [0.15, 0.2) is 5.76 Å². The summed E-state index contributed by atoms with van der Waals surface area (Å²) in [6.07, 6.45) is 0. The van der Waals surface area contributed by atoms with E-state index in [2.05, 4.69) is 0 Å². The van der Waals surface area contributed by atoms with Gasteiger partial charge in [-0.25, -0.2) is 0 Å². The molecular formula is C17H13FO4. The molecule has 0 saturated carbocycles. The van der Waals surface area contributed by atoms with Crippen LogP contribution in [0.4, 0.5) is 4.39 Å². The highest BCUT2D eigenvalue weighted by Gasteiger charge is 2.16. The van der Waals surface area contributed by atoms with Gasteiger partial charge in [0, 0.05) is 5.56 Å². The number of rotatable bonds is 3. The summed E-state index contributed by atoms with van der Waals surface area (Å²) >= 11 is 0. The minimum Gasteiger partial charge on any atom is -0.497 e. The van der Waals surface area contributed by atoms with E-state index in [1.54, 1.807) is 43.5 Å². The molecule has 0 aliphatic heterocycles. The lowest BCUT2D eigenvalue weighted by Crippen LogP contribution is -2.08. The Balaban J connectivity index is 2.22. The molecule has 5 heteroatoms. The topological polar surface area (TPSA) is 48.7 Å². The van der Waals surface area contributed by atoms with Crippen LogP contribution < -0.4 is 14.9 Å². The van der Waals surface area contributed by atoms with E-state index in [4.69, 9.17) is 13.9 Å². The first kappa shape index (κ1) is 14.1. The molecule has 22 heavy (non-hydrogen) atoms. The number of hydrogen-bond acceptors (Lipinski definition) is 4. The molecule has 2 aromatic carbocycles. The number of halogens is 1. The van der Waals surface area contributed by atoms with Crippen molar-refractivity contribution in [3.63, 3.8) is 0 Å². The van der Waals surface area contributed by atoms with Crippen LogP contribution in [0.5, 0.6) is 11.5 Å². The average molecular weight is 300 g/mol. The van der Waals surface area contributed by atoms with E-state index in [9.17, 15) is 9.18 Å². The van der Waals surface area contributed by atoms with Crippen molar-refractivity contribution in [3.8, 4) is 22.8 Å². The zero-order valence-corrected chi connectivity index (χ0v) is 12.1. The number of ether oxygens (including phenoxy) is 2. The Kier molecular flexibility index (Phi) is 3.55. The van der Waals surface area contributed by atoms with E-state index in [0.29, 0.717) is 22.6 Å². The first-order valence-electron chi connectivity index (χ1n) is 6.59. The lowest BCUT2D eigenvalue weighted by atomic mass is 10.1. The largest absolute Gasteiger partial charge is 0.497 e. The average Bonchev–Trinajstić information content (AvgIpc) is 2.58. The highest BCUT2D eigenvalue weighted by Crippen LogP contribution is 2.28. The smallest absolute Gasteiger partial charge is 0.229 e. The van der Waals surface area contributed by atoms with E-state index in [-0.39, 0.29) is 11.1 Å². The van der Waals surface area contributed by atoms with Crippen molar-refractivity contribution >= 4 is 11.0 Å². The van der Waals surface area contributed by atoms with Crippen LogP contribution in [0, 0.1) is 5.82 Å². The molecule has 0 N–H and O–H groups in total. The molecule has 3 rings (SSSR count). The van der Waals surface area contributed by atoms with Crippen LogP contribution in [0.1, 0.15) is 0 Å². The van der Waals surface area contributed by atoms with Gasteiger partial charge in [-0.05, 0) is 42.5 Å². The van der Waals surface area contributed by atoms with Gasteiger partial charge in [-0.15, -0.1) is 0 Å². The fourth-order valence-electron chi connectivity index (χ4n) is 2.21. The van der Waals surface area contributed by atoms with Crippen molar-refractivity contribution in [2.45, 2.75) is 0 Å². The van der Waals surface area contributed by atoms with Gasteiger partial charge in [-0.1, -0.05) is 0 Å². The van der Waals surface area contributed by atoms with Crippen LogP contribution in [-0.4, -0.2) is 14.2 Å². The maximum Gasteiger partial charge on any atom is 0.229 e. The lowest BCUT2D eigenvalue weighted by Gasteiger charge is -2.07. The second kappa shape index (κ2) is 5.52. The molecule has 4 nitrogen and oxygen atoms in total. The molecule has 112 valence electrons. The predicted octanol–water partition coefficient (Wildman–Crippen LogP) is 3.62. The molecule has 0 aliphatic rings. The fourth-order valence-corrected chi connectivity index (χ4v) is 2.21. The standard InChI is InChI=1S/C17H13FO4/c1-20-11-5-3-10(4-6-11)17-15(18)16(19)13-9-12(21-2)7-8-14(13)22-17/h3-9H,1-2H3. The van der Waals surface area contributed by atoms with E-state index >= 15 is 0 Å². The van der Waals surface area contributed by atoms with Crippen molar-refractivity contribution < 1.29 is 18.3 Å². The highest BCUT2D eigenvalue weighted by atomic mass is 19.1. The summed E-state index contributed by atoms with van der Waals surface area (Å²) in [5, 5.41) is 0.147. The van der Waals surface area contributed by atoms with E-state index in [1.807, 2.05) is 0 Å². The molecule has 0 spiro atoms. The van der Waals surface area contributed by atoms with Crippen molar-refractivity contribution in [1.82, 2.24) is 0 Å². The molecule has 0 unspecified atom stereocenters. The quantitative estimate of drug-likeness (QED) is 0.741. The first-order valence-corrected chi connectivity index (χ1v) is 6.59. The van der Waals surface area contributed by atoms with Crippen LogP contribution in [0.15, 0.2) is 51.7 Å². The summed E-state index contributed by atoms with van der Waals surface area (Å²) in [5.41, 5.74) is 0.0529. The second-order valence-corrected chi connectivity index (χ2v) is 4.66. The third-order valence-electron chi connectivity index (χ3n) is 3.39. The first-order chi connectivity index (χ1) is 10.6. The predicted molar refractivity (Wildman–Crippen MR) is 81.0 cm³/mol. The summed E-state index contributed by atoms with van der Waals surface area (Å²) in [6, 6.07) is 11.3. The molecule has 1 aromatic heterocycles. The van der Waals surface area contributed by atoms with Crippen LogP contribution in [0.25, 0.3) is 22.3 Å². The third-order valence-corrected chi connectivity index (χ3v) is 3.39. The summed E-state index contributed by atoms with van der Waals surface area (Å²) in [6.45, 7) is 0. The van der Waals surface area contributed by atoms with Gasteiger partial charge < -0.3 is 13.9 Å². The van der Waals surface area contributed by atoms with Crippen LogP contribution in [0.3, 0.4) is 0 Å². The van der Waals surface area contributed by atoms with Crippen molar-refractivity contribution in [2.24, 2.45) is 0 Å². The zero-order valence-electron chi connectivity index (χ0n) is 12.1. The normalized spacial score (nSPS) is 10.7. The molecule has 0 atom stereocenters. The Morgan fingerprint density at radius 3 is 2.23 bits per heavy atom. The summed E-state index contributed by atoms with van der Waals surface area (Å²) in [7, 11) is 3.02. The SMILES string of the molecule is COc1ccc(-c2oc3ccc(OC)cc3c(=O)c2F)cc1. The molecule has 1 heterocycles. The van der Waals surface area contributed by atoms with Crippen molar-refractivity contribution in [2.75, 3.05) is 14.2 Å². The highest BCUT2D eigenvalue weighted by molar-refractivity contribution is 5.80. The molecule has 0 fully saturated rings. The number of fused-ring (bicyclic) bond motifs is 1. The van der Waals surface area contributed by atoms with Crippen molar-refractivity contribution in [1.29, 1.82) is 0 Å². The maximum absolute atomic E-state index is 14.4. The Hall–Kier alpha value is -2.82. The van der Waals surface area contributed by atoms with Gasteiger partial charge in [0.1, 0.15) is 17.1 Å². The van der Waals surface area contributed by atoms with Gasteiger partial charge >= 0.3 is 0 Å². The van der Waals surface area contributed by atoms with Crippen LogP contribution in [0.2, 0.25) is 0 Å². The lowest BCUT2D eigenvalue weighted by molar-refractivity contribution is 0.414. The number of benzene rings is 2. The summed E-state index contributed by atoms with van der Waals surface area (Å²) in [5.74, 6) is 0.0877. The van der Waals surface area contributed by atoms with E-state index < -0.39 is 11.2 Å². The monoisotopic (exact) mass is 300 g/mol. The van der Waals surface area contributed by atoms with E-state index in [1.165, 1.54) is 13.2 Å². The van der Waals surface area contributed by atoms with Gasteiger partial charge in [-0.2, -0.15) is 4.39 Å². The maximum atomic E-state index is 14.4. The second-order valence-electron chi connectivity index (χ2n) is 4.66. The minimum absolute atomic E-state index is 0.0923. The molecule has 3 aromatic rings. The van der Waals surface area contributed by atoms with Gasteiger partial charge in [0.2, 0.25) is 11.2 Å². The molecule has 0 aliphatic carbocycles. The molecular weight excluding hydrogens is 287 g/mol. The van der Waals surface area contributed by atoms with Crippen LogP contribution >= 0.6 is 0 Å². The Labute approximate surface area is 125 Å². The van der Waals surface area contributed by atoms with Gasteiger partial charge in [0.25, 0.3) is 0 Å². The Morgan fingerprint density at radius 1 is 0.955 bits per heavy atom. The molecule has 0 radical (unpaired) electrons. The summed E-state index contributed by atoms with van der Waals surface area (Å²) in [4.78, 5) is 12.2. The Morgan fingerprint density at radius 2 is 1.59 bits per heavy atom. The zero-order chi connectivity index (χ0) is 15.7. The van der Waals surface area contributed by atoms with E-state index in [0.717, 1.165) is 0 Å². The number of methoxy groups -OCH3 is 2. The minimum atomic E-state index is -0.925. The third kappa shape index (κ3) is 2.30.